The Morgan fingerprint density at radius 2 is 2.05 bits per heavy atom. The molecule has 3 N–H and O–H groups in total. The number of benzene rings is 1. The maximum atomic E-state index is 11.7. The number of carbonyl (C=O) groups excluding carboxylic acids is 1. The Hall–Kier alpha value is -2.03. The van der Waals surface area contributed by atoms with Crippen molar-refractivity contribution in [2.24, 2.45) is 0 Å². The van der Waals surface area contributed by atoms with Crippen molar-refractivity contribution in [1.29, 1.82) is 0 Å². The Morgan fingerprint density at radius 1 is 1.37 bits per heavy atom. The minimum atomic E-state index is -0.582. The minimum Gasteiger partial charge on any atom is -0.465 e. The van der Waals surface area contributed by atoms with E-state index in [9.17, 15) is 14.9 Å². The molecule has 0 aromatic heterocycles. The Morgan fingerprint density at radius 3 is 2.63 bits per heavy atom. The van der Waals surface area contributed by atoms with Crippen molar-refractivity contribution in [3.63, 3.8) is 0 Å². The van der Waals surface area contributed by atoms with E-state index in [4.69, 9.17) is 4.74 Å². The third-order valence-corrected chi connectivity index (χ3v) is 2.79. The highest BCUT2D eigenvalue weighted by molar-refractivity contribution is 5.77. The lowest BCUT2D eigenvalue weighted by atomic mass is 10.0. The number of nitrogens with zero attached hydrogens (tertiary/aromatic N) is 1. The first kappa shape index (κ1) is 13.4. The van der Waals surface area contributed by atoms with Crippen LogP contribution < -0.4 is 16.4 Å². The van der Waals surface area contributed by atoms with Gasteiger partial charge in [-0.1, -0.05) is 12.1 Å². The molecule has 1 aliphatic heterocycles. The molecular weight excluding hydrogens is 252 g/mol. The number of non-ortho nitro benzene ring substituents is 1. The molecule has 1 aliphatic rings. The number of nitro benzene ring substituents is 1. The molecule has 1 saturated heterocycles. The number of hydrogen-bond donors (Lipinski definition) is 3. The molecule has 8 heteroatoms. The van der Waals surface area contributed by atoms with Crippen LogP contribution in [0.25, 0.3) is 0 Å². The zero-order valence-electron chi connectivity index (χ0n) is 10.3. The summed E-state index contributed by atoms with van der Waals surface area (Å²) in [4.78, 5) is 21.8. The van der Waals surface area contributed by atoms with Gasteiger partial charge in [0.2, 0.25) is 0 Å². The SMILES string of the molecule is CCOC(=O)C1NNNC1c1ccc([N+](=O)[O-])cc1. The molecule has 1 fully saturated rings. The number of hydrazine groups is 2. The summed E-state index contributed by atoms with van der Waals surface area (Å²) >= 11 is 0. The second kappa shape index (κ2) is 5.74. The average Bonchev–Trinajstić information content (AvgIpc) is 2.88. The number of rotatable bonds is 4. The summed E-state index contributed by atoms with van der Waals surface area (Å²) in [6.07, 6.45) is 0. The zero-order valence-corrected chi connectivity index (χ0v) is 10.3. The van der Waals surface area contributed by atoms with Gasteiger partial charge in [-0.15, -0.1) is 0 Å². The van der Waals surface area contributed by atoms with Crippen molar-refractivity contribution >= 4 is 11.7 Å². The molecule has 0 bridgehead atoms. The predicted molar refractivity (Wildman–Crippen MR) is 65.7 cm³/mol. The van der Waals surface area contributed by atoms with E-state index in [0.717, 1.165) is 5.56 Å². The fourth-order valence-electron chi connectivity index (χ4n) is 1.87. The lowest BCUT2D eigenvalue weighted by Gasteiger charge is -2.16. The molecule has 0 amide bonds. The fourth-order valence-corrected chi connectivity index (χ4v) is 1.87. The van der Waals surface area contributed by atoms with Crippen molar-refractivity contribution in [1.82, 2.24) is 16.4 Å². The standard InChI is InChI=1S/C11H14N4O4/c1-2-19-11(16)10-9(12-14-13-10)7-3-5-8(6-4-7)15(17)18/h3-6,9-10,12-14H,2H2,1H3. The summed E-state index contributed by atoms with van der Waals surface area (Å²) in [6, 6.07) is 5.09. The molecule has 0 aliphatic carbocycles. The first-order chi connectivity index (χ1) is 9.13. The van der Waals surface area contributed by atoms with E-state index in [1.807, 2.05) is 0 Å². The third-order valence-electron chi connectivity index (χ3n) is 2.79. The van der Waals surface area contributed by atoms with E-state index < -0.39 is 11.0 Å². The summed E-state index contributed by atoms with van der Waals surface area (Å²) in [6.45, 7) is 2.03. The molecule has 8 nitrogen and oxygen atoms in total. The molecule has 2 rings (SSSR count). The maximum Gasteiger partial charge on any atom is 0.326 e. The van der Waals surface area contributed by atoms with Gasteiger partial charge in [0.05, 0.1) is 17.6 Å². The van der Waals surface area contributed by atoms with Crippen LogP contribution in [0.3, 0.4) is 0 Å². The van der Waals surface area contributed by atoms with Crippen LogP contribution in [-0.2, 0) is 9.53 Å². The molecule has 1 heterocycles. The summed E-state index contributed by atoms with van der Waals surface area (Å²) in [7, 11) is 0. The van der Waals surface area contributed by atoms with Gasteiger partial charge in [-0.2, -0.15) is 5.53 Å². The number of nitro groups is 1. The van der Waals surface area contributed by atoms with Gasteiger partial charge >= 0.3 is 5.97 Å². The van der Waals surface area contributed by atoms with Crippen molar-refractivity contribution in [2.75, 3.05) is 6.61 Å². The lowest BCUT2D eigenvalue weighted by Crippen LogP contribution is -2.39. The van der Waals surface area contributed by atoms with Crippen LogP contribution in [-0.4, -0.2) is 23.5 Å². The van der Waals surface area contributed by atoms with Gasteiger partial charge in [0.15, 0.2) is 0 Å². The molecule has 2 atom stereocenters. The molecule has 0 saturated carbocycles. The minimum absolute atomic E-state index is 0.00958. The second-order valence-corrected chi connectivity index (χ2v) is 3.97. The number of hydrogen-bond acceptors (Lipinski definition) is 7. The molecule has 1 aromatic rings. The van der Waals surface area contributed by atoms with Crippen molar-refractivity contribution in [2.45, 2.75) is 19.0 Å². The van der Waals surface area contributed by atoms with Crippen LogP contribution in [0.2, 0.25) is 0 Å². The quantitative estimate of drug-likeness (QED) is 0.405. The Bertz CT molecular complexity index is 476. The molecular formula is C11H14N4O4. The van der Waals surface area contributed by atoms with Crippen molar-refractivity contribution < 1.29 is 14.5 Å². The number of carbonyl (C=O) groups is 1. The van der Waals surface area contributed by atoms with Crippen molar-refractivity contribution in [3.8, 4) is 0 Å². The number of nitrogens with one attached hydrogen (secondary N) is 3. The van der Waals surface area contributed by atoms with E-state index in [1.165, 1.54) is 12.1 Å². The van der Waals surface area contributed by atoms with Crippen LogP contribution >= 0.6 is 0 Å². The smallest absolute Gasteiger partial charge is 0.326 e. The first-order valence-electron chi connectivity index (χ1n) is 5.80. The monoisotopic (exact) mass is 266 g/mol. The van der Waals surface area contributed by atoms with Crippen LogP contribution in [0.1, 0.15) is 18.5 Å². The first-order valence-corrected chi connectivity index (χ1v) is 5.80. The molecule has 0 radical (unpaired) electrons. The topological polar surface area (TPSA) is 106 Å². The molecule has 19 heavy (non-hydrogen) atoms. The lowest BCUT2D eigenvalue weighted by molar-refractivity contribution is -0.384. The Labute approximate surface area is 109 Å². The molecule has 102 valence electrons. The van der Waals surface area contributed by atoms with Crippen LogP contribution in [0, 0.1) is 10.1 Å². The maximum absolute atomic E-state index is 11.7. The number of ether oxygens (including phenoxy) is 1. The summed E-state index contributed by atoms with van der Waals surface area (Å²) in [5.74, 6) is -0.386. The normalized spacial score (nSPS) is 22.2. The van der Waals surface area contributed by atoms with Gasteiger partial charge in [-0.25, -0.2) is 10.9 Å². The van der Waals surface area contributed by atoms with E-state index in [1.54, 1.807) is 19.1 Å². The predicted octanol–water partition coefficient (Wildman–Crippen LogP) is 0.180. The number of esters is 1. The van der Waals surface area contributed by atoms with E-state index in [0.29, 0.717) is 6.61 Å². The average molecular weight is 266 g/mol. The van der Waals surface area contributed by atoms with Crippen LogP contribution in [0.4, 0.5) is 5.69 Å². The summed E-state index contributed by atoms with van der Waals surface area (Å²) < 4.78 is 4.95. The summed E-state index contributed by atoms with van der Waals surface area (Å²) in [5.41, 5.74) is 9.06. The van der Waals surface area contributed by atoms with Crippen molar-refractivity contribution in [3.05, 3.63) is 39.9 Å². The van der Waals surface area contributed by atoms with Gasteiger partial charge in [0.1, 0.15) is 6.04 Å². The van der Waals surface area contributed by atoms with Gasteiger partial charge in [0, 0.05) is 12.1 Å². The van der Waals surface area contributed by atoms with Gasteiger partial charge in [0.25, 0.3) is 5.69 Å². The highest BCUT2D eigenvalue weighted by atomic mass is 16.6. The second-order valence-electron chi connectivity index (χ2n) is 3.97. The van der Waals surface area contributed by atoms with E-state index >= 15 is 0 Å². The third kappa shape index (κ3) is 2.87. The summed E-state index contributed by atoms with van der Waals surface area (Å²) in [5, 5.41) is 10.6. The Balaban J connectivity index is 2.15. The van der Waals surface area contributed by atoms with Gasteiger partial charge < -0.3 is 4.74 Å². The van der Waals surface area contributed by atoms with Crippen LogP contribution in [0.15, 0.2) is 24.3 Å². The molecule has 2 unspecified atom stereocenters. The fraction of sp³-hybridized carbons (Fsp3) is 0.364. The molecule has 1 aromatic carbocycles. The highest BCUT2D eigenvalue weighted by Gasteiger charge is 2.35. The zero-order chi connectivity index (χ0) is 13.8. The van der Waals surface area contributed by atoms with E-state index in [-0.39, 0.29) is 17.7 Å². The van der Waals surface area contributed by atoms with E-state index in [2.05, 4.69) is 16.4 Å². The largest absolute Gasteiger partial charge is 0.465 e. The Kier molecular flexibility index (Phi) is 4.05. The molecule has 0 spiro atoms. The van der Waals surface area contributed by atoms with Crippen LogP contribution in [0.5, 0.6) is 0 Å². The van der Waals surface area contributed by atoms with Gasteiger partial charge in [-0.3, -0.25) is 14.9 Å². The van der Waals surface area contributed by atoms with Gasteiger partial charge in [-0.05, 0) is 12.5 Å². The highest BCUT2D eigenvalue weighted by Crippen LogP contribution is 2.22.